The lowest BCUT2D eigenvalue weighted by atomic mass is 9.86. The minimum Gasteiger partial charge on any atom is -0.311 e. The number of pyridine rings is 1. The highest BCUT2D eigenvalue weighted by Crippen LogP contribution is 2.35. The topological polar surface area (TPSA) is 70.2 Å². The summed E-state index contributed by atoms with van der Waals surface area (Å²) >= 11 is 1.38. The number of amides is 1. The maximum Gasteiger partial charge on any atom is 0.275 e. The molecule has 3 aromatic rings. The van der Waals surface area contributed by atoms with Crippen LogP contribution in [0.5, 0.6) is 0 Å². The van der Waals surface area contributed by atoms with Crippen molar-refractivity contribution in [2.75, 3.05) is 5.32 Å². The molecule has 3 rings (SSSR count). The van der Waals surface area contributed by atoms with Crippen LogP contribution in [-0.4, -0.2) is 15.3 Å². The predicted octanol–water partition coefficient (Wildman–Crippen LogP) is 4.43. The van der Waals surface area contributed by atoms with E-state index in [2.05, 4.69) is 37.1 Å². The molecule has 0 bridgehead atoms. The zero-order chi connectivity index (χ0) is 18.4. The van der Waals surface area contributed by atoms with Crippen molar-refractivity contribution < 1.29 is 4.79 Å². The second-order valence-corrected chi connectivity index (χ2v) is 7.98. The molecule has 5 nitrogen and oxygen atoms in total. The Morgan fingerprint density at radius 3 is 2.72 bits per heavy atom. The van der Waals surface area contributed by atoms with Crippen LogP contribution in [0.1, 0.15) is 53.6 Å². The van der Waals surface area contributed by atoms with E-state index >= 15 is 0 Å². The molecule has 1 N–H and O–H groups in total. The number of nitrogens with one attached hydrogen (secondary N) is 1. The molecule has 0 saturated heterocycles. The van der Waals surface area contributed by atoms with Crippen LogP contribution in [0, 0.1) is 25.2 Å². The van der Waals surface area contributed by atoms with Crippen LogP contribution in [0.3, 0.4) is 0 Å². The normalized spacial score (nSPS) is 11.5. The summed E-state index contributed by atoms with van der Waals surface area (Å²) in [5.41, 5.74) is 4.27. The molecule has 1 amide bonds. The standard InChI is InChI=1S/C19H20N4OS/c1-11-7-6-8-23-15(12(2)21-16(11)23)17(24)22-18-13(9-20)14(10-25-18)19(3,4)5/h6-8,10H,1-5H3,(H,22,24). The van der Waals surface area contributed by atoms with Crippen molar-refractivity contribution in [3.8, 4) is 6.07 Å². The molecule has 0 radical (unpaired) electrons. The molecule has 3 heterocycles. The van der Waals surface area contributed by atoms with E-state index in [9.17, 15) is 10.1 Å². The Kier molecular flexibility index (Phi) is 4.13. The van der Waals surface area contributed by atoms with Crippen molar-refractivity contribution in [3.63, 3.8) is 0 Å². The molecular weight excluding hydrogens is 332 g/mol. The Bertz CT molecular complexity index is 1010. The fourth-order valence-electron chi connectivity index (χ4n) is 2.87. The van der Waals surface area contributed by atoms with Gasteiger partial charge in [-0.3, -0.25) is 9.20 Å². The van der Waals surface area contributed by atoms with Crippen LogP contribution < -0.4 is 5.32 Å². The van der Waals surface area contributed by atoms with Gasteiger partial charge in [0.1, 0.15) is 22.4 Å². The number of nitrogens with zero attached hydrogens (tertiary/aromatic N) is 3. The van der Waals surface area contributed by atoms with Crippen molar-refractivity contribution in [3.05, 3.63) is 51.8 Å². The second kappa shape index (κ2) is 6.01. The van der Waals surface area contributed by atoms with Gasteiger partial charge in [-0.15, -0.1) is 11.3 Å². The van der Waals surface area contributed by atoms with Crippen molar-refractivity contribution >= 4 is 27.9 Å². The number of nitriles is 1. The van der Waals surface area contributed by atoms with Crippen molar-refractivity contribution in [1.82, 2.24) is 9.38 Å². The fourth-order valence-corrected chi connectivity index (χ4v) is 4.00. The first-order valence-electron chi connectivity index (χ1n) is 8.01. The molecule has 0 unspecified atom stereocenters. The molecule has 3 aromatic heterocycles. The van der Waals surface area contributed by atoms with Crippen LogP contribution in [0.25, 0.3) is 5.65 Å². The fraction of sp³-hybridized carbons (Fsp3) is 0.316. The van der Waals surface area contributed by atoms with Crippen LogP contribution in [-0.2, 0) is 5.41 Å². The largest absolute Gasteiger partial charge is 0.311 e. The van der Waals surface area contributed by atoms with E-state index < -0.39 is 0 Å². The van der Waals surface area contributed by atoms with Gasteiger partial charge in [-0.2, -0.15) is 5.26 Å². The third-order valence-electron chi connectivity index (χ3n) is 4.17. The number of aryl methyl sites for hydroxylation is 2. The lowest BCUT2D eigenvalue weighted by Crippen LogP contribution is -2.16. The highest BCUT2D eigenvalue weighted by atomic mass is 32.1. The predicted molar refractivity (Wildman–Crippen MR) is 100 cm³/mol. The molecule has 0 aliphatic heterocycles. The van der Waals surface area contributed by atoms with Crippen LogP contribution >= 0.6 is 11.3 Å². The van der Waals surface area contributed by atoms with Crippen LogP contribution in [0.15, 0.2) is 23.7 Å². The SMILES string of the molecule is Cc1nc2c(C)cccn2c1C(=O)Nc1scc(C(C)(C)C)c1C#N. The van der Waals surface area contributed by atoms with Gasteiger partial charge in [-0.05, 0) is 41.8 Å². The van der Waals surface area contributed by atoms with Gasteiger partial charge in [0.05, 0.1) is 11.3 Å². The molecule has 6 heteroatoms. The number of thiophene rings is 1. The molecule has 0 fully saturated rings. The molecule has 0 saturated carbocycles. The average Bonchev–Trinajstić information content (AvgIpc) is 3.07. The zero-order valence-corrected chi connectivity index (χ0v) is 15.8. The Morgan fingerprint density at radius 2 is 2.08 bits per heavy atom. The Balaban J connectivity index is 2.03. The number of anilines is 1. The van der Waals surface area contributed by atoms with Crippen LogP contribution in [0.2, 0.25) is 0 Å². The van der Waals surface area contributed by atoms with Gasteiger partial charge < -0.3 is 5.32 Å². The number of hydrogen-bond acceptors (Lipinski definition) is 4. The summed E-state index contributed by atoms with van der Waals surface area (Å²) in [7, 11) is 0. The maximum absolute atomic E-state index is 12.9. The van der Waals surface area contributed by atoms with Crippen molar-refractivity contribution in [2.24, 2.45) is 0 Å². The summed E-state index contributed by atoms with van der Waals surface area (Å²) in [6.45, 7) is 9.95. The number of hydrogen-bond donors (Lipinski definition) is 1. The number of aromatic nitrogens is 2. The van der Waals surface area contributed by atoms with Crippen LogP contribution in [0.4, 0.5) is 5.00 Å². The minimum atomic E-state index is -0.255. The quantitative estimate of drug-likeness (QED) is 0.741. The highest BCUT2D eigenvalue weighted by Gasteiger charge is 2.25. The van der Waals surface area contributed by atoms with Gasteiger partial charge >= 0.3 is 0 Å². The number of rotatable bonds is 2. The summed E-state index contributed by atoms with van der Waals surface area (Å²) in [5, 5.41) is 15.0. The zero-order valence-electron chi connectivity index (χ0n) is 15.0. The van der Waals surface area contributed by atoms with E-state index in [1.54, 1.807) is 4.40 Å². The highest BCUT2D eigenvalue weighted by molar-refractivity contribution is 7.14. The van der Waals surface area contributed by atoms with Gasteiger partial charge in [0.25, 0.3) is 5.91 Å². The number of carbonyl (C=O) groups excluding carboxylic acids is 1. The third-order valence-corrected chi connectivity index (χ3v) is 5.07. The molecule has 0 spiro atoms. The third kappa shape index (κ3) is 2.92. The molecule has 0 aliphatic carbocycles. The van der Waals surface area contributed by atoms with E-state index in [0.717, 1.165) is 16.8 Å². The van der Waals surface area contributed by atoms with Crippen molar-refractivity contribution in [1.29, 1.82) is 5.26 Å². The average molecular weight is 352 g/mol. The smallest absolute Gasteiger partial charge is 0.275 e. The maximum atomic E-state index is 12.9. The van der Waals surface area contributed by atoms with Gasteiger partial charge in [-0.25, -0.2) is 4.98 Å². The van der Waals surface area contributed by atoms with E-state index in [1.165, 1.54) is 11.3 Å². The van der Waals surface area contributed by atoms with Gasteiger partial charge in [0, 0.05) is 6.20 Å². The summed E-state index contributed by atoms with van der Waals surface area (Å²) in [6.07, 6.45) is 1.83. The summed E-state index contributed by atoms with van der Waals surface area (Å²) in [6, 6.07) is 6.09. The first-order valence-corrected chi connectivity index (χ1v) is 8.89. The van der Waals surface area contributed by atoms with E-state index in [0.29, 0.717) is 22.0 Å². The molecule has 0 atom stereocenters. The summed E-state index contributed by atoms with van der Waals surface area (Å²) < 4.78 is 1.80. The van der Waals surface area contributed by atoms with Gasteiger partial charge in [-0.1, -0.05) is 26.8 Å². The van der Waals surface area contributed by atoms with Gasteiger partial charge in [0.15, 0.2) is 0 Å². The lowest BCUT2D eigenvalue weighted by molar-refractivity contribution is 0.102. The second-order valence-electron chi connectivity index (χ2n) is 7.10. The Hall–Kier alpha value is -2.65. The number of fused-ring (bicyclic) bond motifs is 1. The lowest BCUT2D eigenvalue weighted by Gasteiger charge is -2.17. The molecular formula is C19H20N4OS. The van der Waals surface area contributed by atoms with E-state index in [4.69, 9.17) is 0 Å². The molecule has 0 aliphatic rings. The molecule has 25 heavy (non-hydrogen) atoms. The summed E-state index contributed by atoms with van der Waals surface area (Å²) in [5.74, 6) is -0.255. The Morgan fingerprint density at radius 1 is 1.36 bits per heavy atom. The first-order chi connectivity index (χ1) is 11.7. The van der Waals surface area contributed by atoms with E-state index in [1.807, 2.05) is 37.6 Å². The first kappa shape index (κ1) is 17.2. The number of imidazole rings is 1. The molecule has 128 valence electrons. The summed E-state index contributed by atoms with van der Waals surface area (Å²) in [4.78, 5) is 17.4. The van der Waals surface area contributed by atoms with E-state index in [-0.39, 0.29) is 11.3 Å². The van der Waals surface area contributed by atoms with Crippen molar-refractivity contribution in [2.45, 2.75) is 40.0 Å². The minimum absolute atomic E-state index is 0.152. The van der Waals surface area contributed by atoms with Gasteiger partial charge in [0.2, 0.25) is 0 Å². The number of carbonyl (C=O) groups is 1. The monoisotopic (exact) mass is 352 g/mol. The Labute approximate surface area is 150 Å². The molecule has 0 aromatic carbocycles.